The second-order valence-corrected chi connectivity index (χ2v) is 4.92. The van der Waals surface area contributed by atoms with Gasteiger partial charge in [0.25, 0.3) is 0 Å². The van der Waals surface area contributed by atoms with Crippen molar-refractivity contribution in [3.05, 3.63) is 23.8 Å². The molecule has 1 saturated heterocycles. The van der Waals surface area contributed by atoms with Gasteiger partial charge in [-0.3, -0.25) is 4.90 Å². The van der Waals surface area contributed by atoms with E-state index in [4.69, 9.17) is 0 Å². The van der Waals surface area contributed by atoms with E-state index in [1.165, 1.54) is 12.8 Å². The predicted molar refractivity (Wildman–Crippen MR) is 68.7 cm³/mol. The van der Waals surface area contributed by atoms with Gasteiger partial charge in [0.05, 0.1) is 5.69 Å². The van der Waals surface area contributed by atoms with Crippen molar-refractivity contribution in [3.63, 3.8) is 0 Å². The highest BCUT2D eigenvalue weighted by molar-refractivity contribution is 5.02. The number of nitrogens with one attached hydrogen (secondary N) is 1. The molecule has 0 spiro atoms. The molecule has 2 unspecified atom stereocenters. The molecular formula is C13H22N4. The van der Waals surface area contributed by atoms with E-state index in [0.29, 0.717) is 12.1 Å². The zero-order chi connectivity index (χ0) is 12.3. The smallest absolute Gasteiger partial charge is 0.125 e. The zero-order valence-electron chi connectivity index (χ0n) is 11.0. The molecule has 0 aromatic carbocycles. The van der Waals surface area contributed by atoms with Gasteiger partial charge in [-0.1, -0.05) is 0 Å². The van der Waals surface area contributed by atoms with Crippen LogP contribution in [0.4, 0.5) is 0 Å². The Morgan fingerprint density at radius 2 is 2.35 bits per heavy atom. The third kappa shape index (κ3) is 3.23. The first kappa shape index (κ1) is 12.5. The summed E-state index contributed by atoms with van der Waals surface area (Å²) in [6.07, 6.45) is 4.30. The largest absolute Gasteiger partial charge is 0.317 e. The van der Waals surface area contributed by atoms with Crippen LogP contribution in [0.2, 0.25) is 0 Å². The van der Waals surface area contributed by atoms with Crippen molar-refractivity contribution in [3.8, 4) is 0 Å². The van der Waals surface area contributed by atoms with Gasteiger partial charge in [-0.15, -0.1) is 0 Å². The first-order valence-corrected chi connectivity index (χ1v) is 6.39. The molecule has 1 aromatic rings. The van der Waals surface area contributed by atoms with Crippen molar-refractivity contribution in [2.45, 2.75) is 45.3 Å². The molecule has 1 N–H and O–H groups in total. The van der Waals surface area contributed by atoms with E-state index in [9.17, 15) is 0 Å². The maximum atomic E-state index is 4.47. The number of hydrogen-bond acceptors (Lipinski definition) is 4. The minimum atomic E-state index is 0.622. The van der Waals surface area contributed by atoms with Crippen LogP contribution in [0.25, 0.3) is 0 Å². The quantitative estimate of drug-likeness (QED) is 0.857. The van der Waals surface area contributed by atoms with Crippen LogP contribution in [0.1, 0.15) is 31.3 Å². The minimum Gasteiger partial charge on any atom is -0.317 e. The average Bonchev–Trinajstić information content (AvgIpc) is 2.32. The molecule has 2 rings (SSSR count). The van der Waals surface area contributed by atoms with Crippen LogP contribution in [0.15, 0.2) is 12.3 Å². The number of hydrogen-bond donors (Lipinski definition) is 1. The first-order valence-electron chi connectivity index (χ1n) is 6.39. The van der Waals surface area contributed by atoms with Crippen molar-refractivity contribution in [1.82, 2.24) is 20.2 Å². The third-order valence-electron chi connectivity index (χ3n) is 3.62. The number of piperidine rings is 1. The lowest BCUT2D eigenvalue weighted by Crippen LogP contribution is -2.46. The van der Waals surface area contributed by atoms with Crippen molar-refractivity contribution in [1.29, 1.82) is 0 Å². The molecule has 1 aliphatic heterocycles. The van der Waals surface area contributed by atoms with Gasteiger partial charge in [0, 0.05) is 31.4 Å². The van der Waals surface area contributed by atoms with E-state index in [0.717, 1.165) is 24.6 Å². The minimum absolute atomic E-state index is 0.622. The Labute approximate surface area is 103 Å². The van der Waals surface area contributed by atoms with Gasteiger partial charge in [-0.2, -0.15) is 0 Å². The second kappa shape index (κ2) is 5.56. The Bertz CT molecular complexity index is 366. The maximum Gasteiger partial charge on any atom is 0.125 e. The lowest BCUT2D eigenvalue weighted by Gasteiger charge is -2.37. The van der Waals surface area contributed by atoms with Gasteiger partial charge >= 0.3 is 0 Å². The standard InChI is InChI=1S/C13H22N4/c1-10-8-12(14-3)5-7-17(10)9-13-4-6-15-11(2)16-13/h4,6,10,12,14H,5,7-9H2,1-3H3. The van der Waals surface area contributed by atoms with E-state index in [-0.39, 0.29) is 0 Å². The normalized spacial score (nSPS) is 26.1. The van der Waals surface area contributed by atoms with Gasteiger partial charge in [-0.05, 0) is 39.8 Å². The van der Waals surface area contributed by atoms with Gasteiger partial charge in [0.1, 0.15) is 5.82 Å². The summed E-state index contributed by atoms with van der Waals surface area (Å²) in [5, 5.41) is 3.38. The predicted octanol–water partition coefficient (Wildman–Crippen LogP) is 1.36. The molecule has 94 valence electrons. The summed E-state index contributed by atoms with van der Waals surface area (Å²) in [4.78, 5) is 11.1. The van der Waals surface area contributed by atoms with Crippen LogP contribution in [-0.4, -0.2) is 40.5 Å². The number of nitrogens with zero attached hydrogens (tertiary/aromatic N) is 3. The highest BCUT2D eigenvalue weighted by atomic mass is 15.2. The molecule has 1 fully saturated rings. The van der Waals surface area contributed by atoms with Crippen molar-refractivity contribution in [2.75, 3.05) is 13.6 Å². The van der Waals surface area contributed by atoms with Crippen molar-refractivity contribution in [2.24, 2.45) is 0 Å². The second-order valence-electron chi connectivity index (χ2n) is 4.92. The maximum absolute atomic E-state index is 4.47. The van der Waals surface area contributed by atoms with E-state index in [1.807, 2.05) is 19.2 Å². The number of likely N-dealkylation sites (tertiary alicyclic amines) is 1. The summed E-state index contributed by atoms with van der Waals surface area (Å²) in [7, 11) is 2.06. The summed E-state index contributed by atoms with van der Waals surface area (Å²) in [6, 6.07) is 3.31. The lowest BCUT2D eigenvalue weighted by molar-refractivity contribution is 0.129. The van der Waals surface area contributed by atoms with Crippen LogP contribution in [0.5, 0.6) is 0 Å². The number of aryl methyl sites for hydroxylation is 1. The Morgan fingerprint density at radius 3 is 3.00 bits per heavy atom. The van der Waals surface area contributed by atoms with E-state index < -0.39 is 0 Å². The van der Waals surface area contributed by atoms with E-state index >= 15 is 0 Å². The molecule has 0 aliphatic carbocycles. The van der Waals surface area contributed by atoms with Gasteiger partial charge in [0.2, 0.25) is 0 Å². The van der Waals surface area contributed by atoms with Gasteiger partial charge in [-0.25, -0.2) is 9.97 Å². The molecule has 2 atom stereocenters. The number of aromatic nitrogens is 2. The van der Waals surface area contributed by atoms with E-state index in [2.05, 4.69) is 34.2 Å². The molecule has 4 nitrogen and oxygen atoms in total. The molecule has 17 heavy (non-hydrogen) atoms. The molecule has 0 radical (unpaired) electrons. The van der Waals surface area contributed by atoms with Crippen molar-refractivity contribution >= 4 is 0 Å². The molecule has 2 heterocycles. The highest BCUT2D eigenvalue weighted by Gasteiger charge is 2.24. The summed E-state index contributed by atoms with van der Waals surface area (Å²) in [6.45, 7) is 6.34. The molecule has 1 aliphatic rings. The van der Waals surface area contributed by atoms with Crippen LogP contribution >= 0.6 is 0 Å². The molecular weight excluding hydrogens is 212 g/mol. The zero-order valence-corrected chi connectivity index (χ0v) is 11.0. The SMILES string of the molecule is CNC1CCN(Cc2ccnc(C)n2)C(C)C1. The van der Waals surface area contributed by atoms with Crippen LogP contribution in [0.3, 0.4) is 0 Å². The topological polar surface area (TPSA) is 41.0 Å². The first-order chi connectivity index (χ1) is 8.19. The summed E-state index contributed by atoms with van der Waals surface area (Å²) in [5.74, 6) is 0.861. The van der Waals surface area contributed by atoms with Gasteiger partial charge < -0.3 is 5.32 Å². The Hall–Kier alpha value is -1.00. The fourth-order valence-corrected chi connectivity index (χ4v) is 2.52. The van der Waals surface area contributed by atoms with Gasteiger partial charge in [0.15, 0.2) is 0 Å². The fraction of sp³-hybridized carbons (Fsp3) is 0.692. The van der Waals surface area contributed by atoms with E-state index in [1.54, 1.807) is 0 Å². The highest BCUT2D eigenvalue weighted by Crippen LogP contribution is 2.18. The third-order valence-corrected chi connectivity index (χ3v) is 3.62. The molecule has 4 heteroatoms. The summed E-state index contributed by atoms with van der Waals surface area (Å²) >= 11 is 0. The van der Waals surface area contributed by atoms with Crippen molar-refractivity contribution < 1.29 is 0 Å². The molecule has 0 amide bonds. The summed E-state index contributed by atoms with van der Waals surface area (Å²) in [5.41, 5.74) is 1.13. The van der Waals surface area contributed by atoms with Crippen LogP contribution in [0, 0.1) is 6.92 Å². The Morgan fingerprint density at radius 1 is 1.53 bits per heavy atom. The number of rotatable bonds is 3. The molecule has 0 saturated carbocycles. The summed E-state index contributed by atoms with van der Waals surface area (Å²) < 4.78 is 0. The van der Waals surface area contributed by atoms with Crippen LogP contribution in [-0.2, 0) is 6.54 Å². The average molecular weight is 234 g/mol. The fourth-order valence-electron chi connectivity index (χ4n) is 2.52. The van der Waals surface area contributed by atoms with Crippen LogP contribution < -0.4 is 5.32 Å². The molecule has 1 aromatic heterocycles. The monoisotopic (exact) mass is 234 g/mol. The molecule has 0 bridgehead atoms. The Balaban J connectivity index is 1.95. The lowest BCUT2D eigenvalue weighted by atomic mass is 9.98. The Kier molecular flexibility index (Phi) is 4.07.